The molecule has 1 amide bonds. The second-order valence-electron chi connectivity index (χ2n) is 4.70. The molecule has 0 spiro atoms. The summed E-state index contributed by atoms with van der Waals surface area (Å²) < 4.78 is 0. The van der Waals surface area contributed by atoms with Gasteiger partial charge in [-0.3, -0.25) is 14.9 Å². The Morgan fingerprint density at radius 2 is 1.90 bits per heavy atom. The molecule has 0 aliphatic heterocycles. The number of carbonyl (C=O) groups excluding carboxylic acids is 1. The Labute approximate surface area is 126 Å². The number of nitro groups is 1. The molecular formula is C15H13ClN2O3. The summed E-state index contributed by atoms with van der Waals surface area (Å²) in [6.07, 6.45) is 0. The van der Waals surface area contributed by atoms with E-state index in [9.17, 15) is 14.9 Å². The predicted molar refractivity (Wildman–Crippen MR) is 82.0 cm³/mol. The molecule has 6 heteroatoms. The summed E-state index contributed by atoms with van der Waals surface area (Å²) in [5.74, 6) is -0.362. The van der Waals surface area contributed by atoms with Gasteiger partial charge in [-0.1, -0.05) is 29.3 Å². The summed E-state index contributed by atoms with van der Waals surface area (Å²) in [7, 11) is 0. The van der Waals surface area contributed by atoms with E-state index in [0.29, 0.717) is 5.69 Å². The molecule has 2 rings (SSSR count). The van der Waals surface area contributed by atoms with E-state index < -0.39 is 4.92 Å². The Hall–Kier alpha value is -2.40. The van der Waals surface area contributed by atoms with Crippen molar-refractivity contribution in [1.29, 1.82) is 0 Å². The molecule has 0 aliphatic rings. The Morgan fingerprint density at radius 3 is 2.48 bits per heavy atom. The molecule has 2 aromatic rings. The van der Waals surface area contributed by atoms with E-state index in [0.717, 1.165) is 11.1 Å². The van der Waals surface area contributed by atoms with Gasteiger partial charge in [0.2, 0.25) is 0 Å². The highest BCUT2D eigenvalue weighted by molar-refractivity contribution is 6.33. The van der Waals surface area contributed by atoms with Crippen LogP contribution in [-0.4, -0.2) is 10.8 Å². The monoisotopic (exact) mass is 304 g/mol. The number of halogens is 1. The molecule has 0 bridgehead atoms. The van der Waals surface area contributed by atoms with Gasteiger partial charge in [-0.05, 0) is 37.6 Å². The van der Waals surface area contributed by atoms with Crippen molar-refractivity contribution >= 4 is 28.9 Å². The summed E-state index contributed by atoms with van der Waals surface area (Å²) >= 11 is 5.80. The molecule has 5 nitrogen and oxygen atoms in total. The number of carbonyl (C=O) groups is 1. The number of nitrogens with zero attached hydrogens (tertiary/aromatic N) is 1. The molecule has 0 fully saturated rings. The zero-order chi connectivity index (χ0) is 15.6. The Kier molecular flexibility index (Phi) is 4.23. The molecule has 1 N–H and O–H groups in total. The molecule has 0 atom stereocenters. The van der Waals surface area contributed by atoms with Gasteiger partial charge in [0.05, 0.1) is 4.92 Å². The number of anilines is 1. The van der Waals surface area contributed by atoms with Gasteiger partial charge in [0.15, 0.2) is 0 Å². The molecule has 0 unspecified atom stereocenters. The lowest BCUT2D eigenvalue weighted by Gasteiger charge is -2.09. The Morgan fingerprint density at radius 1 is 1.19 bits per heavy atom. The maximum Gasteiger partial charge on any atom is 0.287 e. The third-order valence-corrected chi connectivity index (χ3v) is 3.34. The van der Waals surface area contributed by atoms with Crippen LogP contribution in [0.15, 0.2) is 36.4 Å². The van der Waals surface area contributed by atoms with Crippen molar-refractivity contribution < 1.29 is 9.72 Å². The van der Waals surface area contributed by atoms with Crippen molar-refractivity contribution in [2.24, 2.45) is 0 Å². The summed E-state index contributed by atoms with van der Waals surface area (Å²) in [4.78, 5) is 22.2. The standard InChI is InChI=1S/C15H13ClN2O3/c1-9-3-5-13(10(2)7-9)17-15(19)11-4-6-14(18(20)21)12(16)8-11/h3-8H,1-2H3,(H,17,19). The van der Waals surface area contributed by atoms with Gasteiger partial charge in [-0.25, -0.2) is 0 Å². The lowest BCUT2D eigenvalue weighted by molar-refractivity contribution is -0.384. The van der Waals surface area contributed by atoms with Crippen molar-refractivity contribution in [2.75, 3.05) is 5.32 Å². The minimum atomic E-state index is -0.589. The minimum absolute atomic E-state index is 0.0618. The maximum absolute atomic E-state index is 12.1. The van der Waals surface area contributed by atoms with Gasteiger partial charge in [0.1, 0.15) is 5.02 Å². The molecule has 0 aliphatic carbocycles. The second-order valence-corrected chi connectivity index (χ2v) is 5.10. The third-order valence-electron chi connectivity index (χ3n) is 3.04. The van der Waals surface area contributed by atoms with Crippen LogP contribution in [0.4, 0.5) is 11.4 Å². The van der Waals surface area contributed by atoms with Crippen LogP contribution in [0.25, 0.3) is 0 Å². The van der Waals surface area contributed by atoms with E-state index >= 15 is 0 Å². The van der Waals surface area contributed by atoms with Crippen LogP contribution >= 0.6 is 11.6 Å². The largest absolute Gasteiger partial charge is 0.322 e. The highest BCUT2D eigenvalue weighted by atomic mass is 35.5. The average Bonchev–Trinajstić information content (AvgIpc) is 2.41. The smallest absolute Gasteiger partial charge is 0.287 e. The van der Waals surface area contributed by atoms with E-state index in [-0.39, 0.29) is 22.2 Å². The van der Waals surface area contributed by atoms with E-state index in [2.05, 4.69) is 5.32 Å². The second kappa shape index (κ2) is 5.93. The van der Waals surface area contributed by atoms with Crippen molar-refractivity contribution in [3.8, 4) is 0 Å². The quantitative estimate of drug-likeness (QED) is 0.685. The number of amides is 1. The lowest BCUT2D eigenvalue weighted by atomic mass is 10.1. The summed E-state index contributed by atoms with van der Waals surface area (Å²) in [6.45, 7) is 3.86. The van der Waals surface area contributed by atoms with Crippen molar-refractivity contribution in [1.82, 2.24) is 0 Å². The number of rotatable bonds is 3. The first-order valence-electron chi connectivity index (χ1n) is 6.21. The molecule has 0 saturated heterocycles. The molecule has 0 aromatic heterocycles. The highest BCUT2D eigenvalue weighted by Crippen LogP contribution is 2.25. The maximum atomic E-state index is 12.1. The first-order chi connectivity index (χ1) is 9.88. The van der Waals surface area contributed by atoms with Crippen LogP contribution in [0.5, 0.6) is 0 Å². The molecule has 2 aromatic carbocycles. The summed E-state index contributed by atoms with van der Waals surface area (Å²) in [5, 5.41) is 13.4. The molecule has 0 heterocycles. The van der Waals surface area contributed by atoms with Gasteiger partial charge < -0.3 is 5.32 Å². The van der Waals surface area contributed by atoms with Crippen LogP contribution in [0.3, 0.4) is 0 Å². The highest BCUT2D eigenvalue weighted by Gasteiger charge is 2.15. The number of hydrogen-bond donors (Lipinski definition) is 1. The molecule has 0 saturated carbocycles. The first kappa shape index (κ1) is 15.0. The van der Waals surface area contributed by atoms with E-state index in [1.54, 1.807) is 0 Å². The van der Waals surface area contributed by atoms with E-state index in [1.165, 1.54) is 18.2 Å². The van der Waals surface area contributed by atoms with Crippen LogP contribution < -0.4 is 5.32 Å². The van der Waals surface area contributed by atoms with Crippen LogP contribution in [0.1, 0.15) is 21.5 Å². The van der Waals surface area contributed by atoms with Crippen LogP contribution in [0, 0.1) is 24.0 Å². The summed E-state index contributed by atoms with van der Waals surface area (Å²) in [5.41, 5.74) is 2.78. The van der Waals surface area contributed by atoms with Gasteiger partial charge >= 0.3 is 0 Å². The van der Waals surface area contributed by atoms with Crippen LogP contribution in [-0.2, 0) is 0 Å². The fraction of sp³-hybridized carbons (Fsp3) is 0.133. The Bertz CT molecular complexity index is 729. The third kappa shape index (κ3) is 3.38. The number of nitrogens with one attached hydrogen (secondary N) is 1. The average molecular weight is 305 g/mol. The van der Waals surface area contributed by atoms with Crippen LogP contribution in [0.2, 0.25) is 5.02 Å². The van der Waals surface area contributed by atoms with E-state index in [4.69, 9.17) is 11.6 Å². The van der Waals surface area contributed by atoms with E-state index in [1.807, 2.05) is 32.0 Å². The summed E-state index contributed by atoms with van der Waals surface area (Å²) in [6, 6.07) is 9.56. The molecule has 21 heavy (non-hydrogen) atoms. The fourth-order valence-electron chi connectivity index (χ4n) is 1.94. The van der Waals surface area contributed by atoms with Gasteiger partial charge in [0, 0.05) is 17.3 Å². The predicted octanol–water partition coefficient (Wildman–Crippen LogP) is 4.12. The number of aryl methyl sites for hydroxylation is 2. The number of nitro benzene ring substituents is 1. The van der Waals surface area contributed by atoms with Gasteiger partial charge in [-0.15, -0.1) is 0 Å². The van der Waals surface area contributed by atoms with Gasteiger partial charge in [0.25, 0.3) is 11.6 Å². The molecule has 108 valence electrons. The number of benzene rings is 2. The number of hydrogen-bond acceptors (Lipinski definition) is 3. The minimum Gasteiger partial charge on any atom is -0.322 e. The van der Waals surface area contributed by atoms with Crippen molar-refractivity contribution in [3.05, 3.63) is 68.2 Å². The fourth-order valence-corrected chi connectivity index (χ4v) is 2.19. The first-order valence-corrected chi connectivity index (χ1v) is 6.59. The topological polar surface area (TPSA) is 72.2 Å². The van der Waals surface area contributed by atoms with Gasteiger partial charge in [-0.2, -0.15) is 0 Å². The zero-order valence-corrected chi connectivity index (χ0v) is 12.3. The molecule has 0 radical (unpaired) electrons. The lowest BCUT2D eigenvalue weighted by Crippen LogP contribution is -2.13. The van der Waals surface area contributed by atoms with Crippen molar-refractivity contribution in [3.63, 3.8) is 0 Å². The SMILES string of the molecule is Cc1ccc(NC(=O)c2ccc([N+](=O)[O-])c(Cl)c2)c(C)c1. The van der Waals surface area contributed by atoms with Crippen molar-refractivity contribution in [2.45, 2.75) is 13.8 Å². The normalized spacial score (nSPS) is 10.2. The zero-order valence-electron chi connectivity index (χ0n) is 11.5. The Balaban J connectivity index is 2.24. The molecular weight excluding hydrogens is 292 g/mol.